The highest BCUT2D eigenvalue weighted by atomic mass is 19.3. The Balaban J connectivity index is 1.17. The largest absolute Gasteiger partial charge is 0.473 e. The van der Waals surface area contributed by atoms with E-state index >= 15 is 0 Å². The van der Waals surface area contributed by atoms with E-state index in [9.17, 15) is 8.78 Å². The molecule has 1 saturated carbocycles. The van der Waals surface area contributed by atoms with Crippen LogP contribution in [0.1, 0.15) is 38.5 Å². The zero-order valence-electron chi connectivity index (χ0n) is 20.9. The molecule has 1 aliphatic heterocycles. The summed E-state index contributed by atoms with van der Waals surface area (Å²) in [6, 6.07) is 5.99. The summed E-state index contributed by atoms with van der Waals surface area (Å²) in [6.07, 6.45) is 8.50. The second-order valence-corrected chi connectivity index (χ2v) is 10.4. The molecule has 194 valence electrons. The van der Waals surface area contributed by atoms with Crippen molar-refractivity contribution in [2.75, 3.05) is 32.0 Å². The number of hydrogen-bond donors (Lipinski definition) is 2. The summed E-state index contributed by atoms with van der Waals surface area (Å²) in [5.41, 5.74) is 4.25. The lowest BCUT2D eigenvalue weighted by Gasteiger charge is -2.28. The Kier molecular flexibility index (Phi) is 6.36. The first-order valence-electron chi connectivity index (χ1n) is 13.0. The molecule has 10 heteroatoms. The molecule has 4 aromatic rings. The maximum Gasteiger partial charge on any atom is 0.248 e. The summed E-state index contributed by atoms with van der Waals surface area (Å²) in [5.74, 6) is -1.25. The highest BCUT2D eigenvalue weighted by molar-refractivity contribution is 5.95. The molecule has 0 spiro atoms. The van der Waals surface area contributed by atoms with E-state index < -0.39 is 5.92 Å². The molecule has 3 aromatic heterocycles. The van der Waals surface area contributed by atoms with Crippen LogP contribution >= 0.6 is 0 Å². The van der Waals surface area contributed by atoms with Crippen molar-refractivity contribution in [3.8, 4) is 17.0 Å². The predicted octanol–water partition coefficient (Wildman–Crippen LogP) is 5.28. The minimum atomic E-state index is -2.51. The number of halogens is 2. The maximum absolute atomic E-state index is 13.4. The Bertz CT molecular complexity index is 1390. The van der Waals surface area contributed by atoms with Gasteiger partial charge in [-0.05, 0) is 56.3 Å². The number of aromatic amines is 1. The summed E-state index contributed by atoms with van der Waals surface area (Å²) in [4.78, 5) is 23.9. The van der Waals surface area contributed by atoms with Crippen molar-refractivity contribution in [2.45, 2.75) is 50.6 Å². The fourth-order valence-corrected chi connectivity index (χ4v) is 5.26. The molecule has 0 amide bonds. The summed E-state index contributed by atoms with van der Waals surface area (Å²) < 4.78 is 32.9. The van der Waals surface area contributed by atoms with Crippen LogP contribution in [0, 0.1) is 5.92 Å². The van der Waals surface area contributed by atoms with Crippen LogP contribution in [0.5, 0.6) is 5.88 Å². The molecule has 0 unspecified atom stereocenters. The van der Waals surface area contributed by atoms with Gasteiger partial charge in [0.2, 0.25) is 17.8 Å². The number of nitrogens with zero attached hydrogens (tertiary/aromatic N) is 5. The lowest BCUT2D eigenvalue weighted by Crippen LogP contribution is -2.35. The minimum Gasteiger partial charge on any atom is -0.473 e. The topological polar surface area (TPSA) is 91.8 Å². The zero-order chi connectivity index (χ0) is 25.4. The fraction of sp³-hybridized carbons (Fsp3) is 0.481. The van der Waals surface area contributed by atoms with Gasteiger partial charge in [-0.1, -0.05) is 6.07 Å². The summed E-state index contributed by atoms with van der Waals surface area (Å²) in [5, 5.41) is 4.12. The van der Waals surface area contributed by atoms with E-state index in [1.165, 1.54) is 0 Å². The van der Waals surface area contributed by atoms with Crippen LogP contribution in [0.3, 0.4) is 0 Å². The van der Waals surface area contributed by atoms with Crippen molar-refractivity contribution in [2.24, 2.45) is 5.92 Å². The molecule has 1 saturated heterocycles. The van der Waals surface area contributed by atoms with Gasteiger partial charge < -0.3 is 19.9 Å². The van der Waals surface area contributed by atoms with E-state index in [2.05, 4.69) is 37.2 Å². The monoisotopic (exact) mass is 507 g/mol. The number of nitrogens with one attached hydrogen (secondary N) is 2. The van der Waals surface area contributed by atoms with Crippen LogP contribution in [-0.4, -0.2) is 68.5 Å². The van der Waals surface area contributed by atoms with Gasteiger partial charge in [-0.15, -0.1) is 0 Å². The Morgan fingerprint density at radius 2 is 1.86 bits per heavy atom. The van der Waals surface area contributed by atoms with Crippen LogP contribution in [0.25, 0.3) is 33.2 Å². The second-order valence-electron chi connectivity index (χ2n) is 10.4. The highest BCUT2D eigenvalue weighted by Gasteiger charge is 2.34. The number of ether oxygens (including phenoxy) is 1. The molecule has 1 aromatic carbocycles. The Morgan fingerprint density at radius 1 is 1.05 bits per heavy atom. The van der Waals surface area contributed by atoms with Gasteiger partial charge in [-0.3, -0.25) is 0 Å². The molecule has 1 aliphatic carbocycles. The third-order valence-electron chi connectivity index (χ3n) is 7.60. The van der Waals surface area contributed by atoms with Gasteiger partial charge in [-0.25, -0.2) is 23.7 Å². The number of hydrogen-bond acceptors (Lipinski definition) is 7. The number of fused-ring (bicyclic) bond motifs is 2. The molecule has 0 bridgehead atoms. The summed E-state index contributed by atoms with van der Waals surface area (Å²) in [6.45, 7) is 2.64. The molecule has 2 aliphatic rings. The van der Waals surface area contributed by atoms with Gasteiger partial charge in [-0.2, -0.15) is 4.98 Å². The number of alkyl halides is 2. The Labute approximate surface area is 213 Å². The first-order valence-corrected chi connectivity index (χ1v) is 13.0. The third kappa shape index (κ3) is 5.34. The Hall–Kier alpha value is -3.40. The van der Waals surface area contributed by atoms with E-state index in [-0.39, 0.29) is 24.9 Å². The molecular formula is C27H31F2N7O. The molecule has 6 rings (SSSR count). The van der Waals surface area contributed by atoms with E-state index in [0.717, 1.165) is 53.5 Å². The first-order chi connectivity index (χ1) is 17.9. The smallest absolute Gasteiger partial charge is 0.248 e. The van der Waals surface area contributed by atoms with Crippen LogP contribution in [-0.2, 0) is 0 Å². The normalized spacial score (nSPS) is 19.4. The molecule has 4 heterocycles. The molecule has 0 radical (unpaired) electrons. The lowest BCUT2D eigenvalue weighted by molar-refractivity contribution is -0.0443. The molecule has 2 N–H and O–H groups in total. The number of H-pyrrole nitrogens is 1. The van der Waals surface area contributed by atoms with E-state index in [0.29, 0.717) is 36.9 Å². The van der Waals surface area contributed by atoms with Crippen molar-refractivity contribution >= 4 is 28.0 Å². The van der Waals surface area contributed by atoms with Gasteiger partial charge in [0, 0.05) is 55.8 Å². The van der Waals surface area contributed by atoms with Gasteiger partial charge in [0.1, 0.15) is 11.8 Å². The number of anilines is 1. The van der Waals surface area contributed by atoms with Crippen molar-refractivity contribution in [3.05, 3.63) is 36.8 Å². The number of benzene rings is 1. The van der Waals surface area contributed by atoms with Crippen molar-refractivity contribution in [1.29, 1.82) is 0 Å². The van der Waals surface area contributed by atoms with E-state index in [4.69, 9.17) is 9.72 Å². The van der Waals surface area contributed by atoms with E-state index in [1.807, 2.05) is 24.4 Å². The zero-order valence-corrected chi connectivity index (χ0v) is 20.9. The number of piperidine rings is 1. The highest BCUT2D eigenvalue weighted by Crippen LogP contribution is 2.36. The van der Waals surface area contributed by atoms with Gasteiger partial charge >= 0.3 is 0 Å². The number of likely N-dealkylation sites (tertiary alicyclic amines) is 1. The lowest BCUT2D eigenvalue weighted by atomic mass is 9.87. The third-order valence-corrected chi connectivity index (χ3v) is 7.60. The molecule has 0 atom stereocenters. The van der Waals surface area contributed by atoms with Gasteiger partial charge in [0.05, 0.1) is 17.2 Å². The van der Waals surface area contributed by atoms with Crippen LogP contribution in [0.2, 0.25) is 0 Å². The van der Waals surface area contributed by atoms with E-state index in [1.54, 1.807) is 12.4 Å². The number of aromatic nitrogens is 5. The molecule has 8 nitrogen and oxygen atoms in total. The number of rotatable bonds is 6. The van der Waals surface area contributed by atoms with Crippen molar-refractivity contribution in [3.63, 3.8) is 0 Å². The molecular weight excluding hydrogens is 476 g/mol. The quantitative estimate of drug-likeness (QED) is 0.367. The van der Waals surface area contributed by atoms with Crippen molar-refractivity contribution < 1.29 is 13.5 Å². The van der Waals surface area contributed by atoms with Crippen LogP contribution in [0.15, 0.2) is 36.8 Å². The standard InChI is InChI=1S/C27H31F2N7O/c1-36-10-6-19(7-11-36)37-24-16-30-22-3-2-18(12-23(22)34-24)20-14-31-25-21(20)15-33-26(35-25)32-13-17-4-8-27(28,29)9-5-17/h2-3,12,14-17,19H,4-11,13H2,1H3,(H2,31,32,33,35). The molecule has 37 heavy (non-hydrogen) atoms. The molecule has 2 fully saturated rings. The fourth-order valence-electron chi connectivity index (χ4n) is 5.26. The van der Waals surface area contributed by atoms with Crippen LogP contribution < -0.4 is 10.1 Å². The first kappa shape index (κ1) is 24.0. The SMILES string of the molecule is CN1CCC(Oc2cnc3ccc(-c4c[nH]c5nc(NCC6CCC(F)(F)CC6)ncc45)cc3n2)CC1. The van der Waals surface area contributed by atoms with Crippen LogP contribution in [0.4, 0.5) is 14.7 Å². The van der Waals surface area contributed by atoms with Gasteiger partial charge in [0.25, 0.3) is 0 Å². The maximum atomic E-state index is 13.4. The summed E-state index contributed by atoms with van der Waals surface area (Å²) in [7, 11) is 2.13. The van der Waals surface area contributed by atoms with Gasteiger partial charge in [0.15, 0.2) is 0 Å². The minimum absolute atomic E-state index is 0.0405. The summed E-state index contributed by atoms with van der Waals surface area (Å²) >= 11 is 0. The predicted molar refractivity (Wildman–Crippen MR) is 139 cm³/mol. The van der Waals surface area contributed by atoms with Crippen molar-refractivity contribution in [1.82, 2.24) is 29.8 Å². The average molecular weight is 508 g/mol. The second kappa shape index (κ2) is 9.81. The average Bonchev–Trinajstić information content (AvgIpc) is 3.32. The Morgan fingerprint density at radius 3 is 2.68 bits per heavy atom.